The molecule has 0 saturated heterocycles. The highest BCUT2D eigenvalue weighted by molar-refractivity contribution is 7.92. The zero-order chi connectivity index (χ0) is 18.0. The average molecular weight is 358 g/mol. The second-order valence-corrected chi connectivity index (χ2v) is 7.97. The highest BCUT2D eigenvalue weighted by Crippen LogP contribution is 2.28. The molecule has 6 heteroatoms. The Labute approximate surface area is 148 Å². The number of hydrogen-bond donors (Lipinski definition) is 2. The fourth-order valence-electron chi connectivity index (χ4n) is 3.08. The largest absolute Gasteiger partial charge is 0.326 e. The minimum absolute atomic E-state index is 0.0278. The Bertz CT molecular complexity index is 920. The first-order valence-corrected chi connectivity index (χ1v) is 9.93. The van der Waals surface area contributed by atoms with Crippen molar-refractivity contribution in [3.8, 4) is 0 Å². The van der Waals surface area contributed by atoms with Crippen LogP contribution in [0.15, 0.2) is 41.3 Å². The summed E-state index contributed by atoms with van der Waals surface area (Å²) in [5, 5.41) is 2.82. The van der Waals surface area contributed by atoms with E-state index in [-0.39, 0.29) is 10.8 Å². The van der Waals surface area contributed by atoms with Crippen LogP contribution < -0.4 is 10.0 Å². The number of carbonyl (C=O) groups is 1. The zero-order valence-electron chi connectivity index (χ0n) is 14.4. The van der Waals surface area contributed by atoms with Gasteiger partial charge >= 0.3 is 0 Å². The molecule has 0 radical (unpaired) electrons. The van der Waals surface area contributed by atoms with Gasteiger partial charge in [-0.05, 0) is 61.1 Å². The molecule has 0 unspecified atom stereocenters. The van der Waals surface area contributed by atoms with Crippen LogP contribution in [0.1, 0.15) is 36.5 Å². The molecule has 0 fully saturated rings. The van der Waals surface area contributed by atoms with Gasteiger partial charge in [0.25, 0.3) is 10.0 Å². The Hall–Kier alpha value is -2.34. The normalized spacial score (nSPS) is 14.4. The lowest BCUT2D eigenvalue weighted by molar-refractivity contribution is -0.116. The molecule has 132 valence electrons. The Balaban J connectivity index is 1.96. The molecule has 3 rings (SSSR count). The summed E-state index contributed by atoms with van der Waals surface area (Å²) in [4.78, 5) is 11.9. The van der Waals surface area contributed by atoms with Gasteiger partial charge in [0.05, 0.1) is 10.6 Å². The van der Waals surface area contributed by atoms with Gasteiger partial charge in [-0.1, -0.05) is 25.1 Å². The fourth-order valence-corrected chi connectivity index (χ4v) is 4.30. The number of benzene rings is 2. The molecular formula is C19H22N2O3S. The van der Waals surface area contributed by atoms with Crippen LogP contribution >= 0.6 is 0 Å². The molecule has 25 heavy (non-hydrogen) atoms. The van der Waals surface area contributed by atoms with E-state index in [0.717, 1.165) is 23.1 Å². The maximum absolute atomic E-state index is 12.9. The number of amides is 1. The number of sulfonamides is 1. The lowest BCUT2D eigenvalue weighted by Gasteiger charge is -2.15. The first-order valence-electron chi connectivity index (χ1n) is 8.45. The van der Waals surface area contributed by atoms with Gasteiger partial charge in [0.2, 0.25) is 5.91 Å². The number of aryl methyl sites for hydroxylation is 3. The van der Waals surface area contributed by atoms with Crippen molar-refractivity contribution >= 4 is 27.3 Å². The monoisotopic (exact) mass is 358 g/mol. The highest BCUT2D eigenvalue weighted by atomic mass is 32.2. The highest BCUT2D eigenvalue weighted by Gasteiger charge is 2.20. The van der Waals surface area contributed by atoms with Crippen molar-refractivity contribution in [1.82, 2.24) is 0 Å². The predicted octanol–water partition coefficient (Wildman–Crippen LogP) is 3.63. The summed E-state index contributed by atoms with van der Waals surface area (Å²) in [5.41, 5.74) is 4.06. The standard InChI is InChI=1S/C19H22N2O3S/c1-3-14-7-4-6-13(2)19(14)21-25(23,24)16-10-11-17-15(12-16)8-5-9-18(22)20-17/h4,6-7,10-12,21H,3,5,8-9H2,1-2H3,(H,20,22). The first-order chi connectivity index (χ1) is 11.9. The lowest BCUT2D eigenvalue weighted by Crippen LogP contribution is -2.16. The minimum Gasteiger partial charge on any atom is -0.326 e. The molecule has 0 aliphatic carbocycles. The van der Waals surface area contributed by atoms with Gasteiger partial charge in [0, 0.05) is 12.1 Å². The molecule has 0 bridgehead atoms. The quantitative estimate of drug-likeness (QED) is 0.876. The van der Waals surface area contributed by atoms with E-state index in [9.17, 15) is 13.2 Å². The van der Waals surface area contributed by atoms with Crippen molar-refractivity contribution in [1.29, 1.82) is 0 Å². The van der Waals surface area contributed by atoms with Crippen molar-refractivity contribution in [3.63, 3.8) is 0 Å². The van der Waals surface area contributed by atoms with Gasteiger partial charge in [-0.3, -0.25) is 9.52 Å². The molecule has 0 spiro atoms. The summed E-state index contributed by atoms with van der Waals surface area (Å²) < 4.78 is 28.5. The molecule has 2 aromatic carbocycles. The van der Waals surface area contributed by atoms with Gasteiger partial charge < -0.3 is 5.32 Å². The van der Waals surface area contributed by atoms with Crippen LogP contribution in [-0.4, -0.2) is 14.3 Å². The van der Waals surface area contributed by atoms with Crippen LogP contribution in [0.25, 0.3) is 0 Å². The van der Waals surface area contributed by atoms with Gasteiger partial charge in [0.15, 0.2) is 0 Å². The summed E-state index contributed by atoms with van der Waals surface area (Å²) in [7, 11) is -3.69. The molecule has 1 heterocycles. The van der Waals surface area contributed by atoms with E-state index in [1.54, 1.807) is 12.1 Å². The number of nitrogens with one attached hydrogen (secondary N) is 2. The molecule has 0 saturated carbocycles. The number of carbonyl (C=O) groups excluding carboxylic acids is 1. The van der Waals surface area contributed by atoms with Gasteiger partial charge in [-0.15, -0.1) is 0 Å². The summed E-state index contributed by atoms with van der Waals surface area (Å²) in [6, 6.07) is 10.6. The predicted molar refractivity (Wildman–Crippen MR) is 99.4 cm³/mol. The smallest absolute Gasteiger partial charge is 0.261 e. The second kappa shape index (κ2) is 6.88. The average Bonchev–Trinajstić information content (AvgIpc) is 2.76. The Morgan fingerprint density at radius 2 is 1.96 bits per heavy atom. The van der Waals surface area contributed by atoms with Gasteiger partial charge in [0.1, 0.15) is 0 Å². The molecule has 0 aromatic heterocycles. The van der Waals surface area contributed by atoms with Crippen LogP contribution in [0.2, 0.25) is 0 Å². The van der Waals surface area contributed by atoms with E-state index < -0.39 is 10.0 Å². The van der Waals surface area contributed by atoms with E-state index in [0.29, 0.717) is 30.6 Å². The third kappa shape index (κ3) is 3.69. The molecule has 1 aliphatic rings. The minimum atomic E-state index is -3.69. The second-order valence-electron chi connectivity index (χ2n) is 6.29. The topological polar surface area (TPSA) is 75.3 Å². The zero-order valence-corrected chi connectivity index (χ0v) is 15.2. The van der Waals surface area contributed by atoms with Gasteiger partial charge in [-0.2, -0.15) is 0 Å². The van der Waals surface area contributed by atoms with E-state index in [2.05, 4.69) is 10.0 Å². The van der Waals surface area contributed by atoms with E-state index in [1.165, 1.54) is 6.07 Å². The van der Waals surface area contributed by atoms with Crippen LogP contribution in [0, 0.1) is 6.92 Å². The Kier molecular flexibility index (Phi) is 4.81. The molecule has 5 nitrogen and oxygen atoms in total. The van der Waals surface area contributed by atoms with Crippen molar-refractivity contribution in [2.75, 3.05) is 10.0 Å². The van der Waals surface area contributed by atoms with E-state index in [1.807, 2.05) is 32.0 Å². The Morgan fingerprint density at radius 3 is 2.72 bits per heavy atom. The maximum atomic E-state index is 12.9. The third-order valence-corrected chi connectivity index (χ3v) is 5.83. The third-order valence-electron chi connectivity index (χ3n) is 4.49. The molecular weight excluding hydrogens is 336 g/mol. The summed E-state index contributed by atoms with van der Waals surface area (Å²) in [6.07, 6.45) is 2.60. The number of rotatable bonds is 4. The molecule has 1 amide bonds. The molecule has 1 aliphatic heterocycles. The molecule has 2 aromatic rings. The molecule has 2 N–H and O–H groups in total. The fraction of sp³-hybridized carbons (Fsp3) is 0.316. The first kappa shape index (κ1) is 17.5. The van der Waals surface area contributed by atoms with Crippen molar-refractivity contribution in [3.05, 3.63) is 53.1 Å². The number of anilines is 2. The number of fused-ring (bicyclic) bond motifs is 1. The van der Waals surface area contributed by atoms with Crippen molar-refractivity contribution in [2.45, 2.75) is 44.4 Å². The maximum Gasteiger partial charge on any atom is 0.261 e. The van der Waals surface area contributed by atoms with Crippen LogP contribution in [0.3, 0.4) is 0 Å². The van der Waals surface area contributed by atoms with E-state index >= 15 is 0 Å². The van der Waals surface area contributed by atoms with Crippen LogP contribution in [-0.2, 0) is 27.7 Å². The SMILES string of the molecule is CCc1cccc(C)c1NS(=O)(=O)c1ccc2c(c1)CCCC(=O)N2. The van der Waals surface area contributed by atoms with E-state index in [4.69, 9.17) is 0 Å². The van der Waals surface area contributed by atoms with Crippen molar-refractivity contribution < 1.29 is 13.2 Å². The number of hydrogen-bond acceptors (Lipinski definition) is 3. The summed E-state index contributed by atoms with van der Waals surface area (Å²) in [6.45, 7) is 3.89. The lowest BCUT2D eigenvalue weighted by atomic mass is 10.1. The van der Waals surface area contributed by atoms with Crippen LogP contribution in [0.5, 0.6) is 0 Å². The molecule has 0 atom stereocenters. The Morgan fingerprint density at radius 1 is 1.16 bits per heavy atom. The van der Waals surface area contributed by atoms with Crippen molar-refractivity contribution in [2.24, 2.45) is 0 Å². The van der Waals surface area contributed by atoms with Gasteiger partial charge in [-0.25, -0.2) is 8.42 Å². The van der Waals surface area contributed by atoms with Crippen LogP contribution in [0.4, 0.5) is 11.4 Å². The summed E-state index contributed by atoms with van der Waals surface area (Å²) in [5.74, 6) is -0.0278. The number of para-hydroxylation sites is 1. The summed E-state index contributed by atoms with van der Waals surface area (Å²) >= 11 is 0.